The molecule has 0 bridgehead atoms. The molecule has 1 aromatic rings. The fraction of sp³-hybridized carbons (Fsp3) is 0.500. The van der Waals surface area contributed by atoms with Crippen LogP contribution in [0.25, 0.3) is 0 Å². The number of nitrogens with one attached hydrogen (secondary N) is 1. The molecular weight excluding hydrogens is 469 g/mol. The normalized spacial score (nSPS) is 19.2. The van der Waals surface area contributed by atoms with Gasteiger partial charge in [-0.25, -0.2) is 24.0 Å². The van der Waals surface area contributed by atoms with Crippen molar-refractivity contribution in [2.24, 2.45) is 4.99 Å². The molecule has 14 heteroatoms. The van der Waals surface area contributed by atoms with Crippen LogP contribution >= 0.6 is 0 Å². The number of hydrogen-bond donors (Lipinski definition) is 1. The summed E-state index contributed by atoms with van der Waals surface area (Å²) in [5, 5.41) is 1.29. The van der Waals surface area contributed by atoms with Crippen molar-refractivity contribution in [3.63, 3.8) is 0 Å². The largest absolute Gasteiger partial charge is 0.438 e. The Hall–Kier alpha value is -3.29. The Morgan fingerprint density at radius 1 is 1.21 bits per heavy atom. The summed E-state index contributed by atoms with van der Waals surface area (Å²) in [5.74, 6) is -3.96. The lowest BCUT2D eigenvalue weighted by Crippen LogP contribution is -2.43. The molecule has 1 N–H and O–H groups in total. The average Bonchev–Trinajstić information content (AvgIpc) is 3.00. The number of benzene rings is 1. The molecule has 2 aliphatic rings. The summed E-state index contributed by atoms with van der Waals surface area (Å²) in [5.41, 5.74) is 2.32. The molecular formula is C20H22F5N5O4. The predicted octanol–water partition coefficient (Wildman–Crippen LogP) is 2.06. The Balaban J connectivity index is 1.70. The third-order valence-corrected chi connectivity index (χ3v) is 5.12. The summed E-state index contributed by atoms with van der Waals surface area (Å²) in [6.45, 7) is -0.324. The number of cyclic esters (lactones) is 1. The molecule has 2 heterocycles. The zero-order valence-corrected chi connectivity index (χ0v) is 17.9. The van der Waals surface area contributed by atoms with Gasteiger partial charge in [-0.05, 0) is 6.42 Å². The second-order valence-electron chi connectivity index (χ2n) is 7.44. The van der Waals surface area contributed by atoms with Crippen molar-refractivity contribution in [1.82, 2.24) is 10.4 Å². The van der Waals surface area contributed by atoms with E-state index < -0.39 is 42.8 Å². The van der Waals surface area contributed by atoms with Crippen molar-refractivity contribution in [1.29, 1.82) is 0 Å². The maximum absolute atomic E-state index is 14.9. The monoisotopic (exact) mass is 491 g/mol. The van der Waals surface area contributed by atoms with E-state index in [1.54, 1.807) is 0 Å². The van der Waals surface area contributed by atoms with Gasteiger partial charge in [-0.1, -0.05) is 0 Å². The highest BCUT2D eigenvalue weighted by atomic mass is 19.3. The fourth-order valence-electron chi connectivity index (χ4n) is 3.52. The SMILES string of the molecule is O=C(N=CC1CN(c2cc(F)c(N3CCNN(C(=O)CCCF)CC3)c(F)c2)C(=O)O1)C(F)F. The maximum atomic E-state index is 14.9. The van der Waals surface area contributed by atoms with Gasteiger partial charge in [-0.2, -0.15) is 8.78 Å². The number of halogens is 5. The smallest absolute Gasteiger partial charge is 0.415 e. The van der Waals surface area contributed by atoms with Gasteiger partial charge in [-0.3, -0.25) is 23.9 Å². The standard InChI is InChI=1S/C20H22F5N5O4/c21-3-1-2-16(31)30-7-6-28(5-4-27-30)17-14(22)8-12(9-15(17)23)29-11-13(34-20(29)33)10-26-19(32)18(24)25/h8-10,13,18,27H,1-7,11H2. The van der Waals surface area contributed by atoms with E-state index in [0.29, 0.717) is 0 Å². The number of ether oxygens (including phenoxy) is 1. The molecule has 1 unspecified atom stereocenters. The number of rotatable bonds is 7. The first-order valence-corrected chi connectivity index (χ1v) is 10.4. The highest BCUT2D eigenvalue weighted by Crippen LogP contribution is 2.31. The Bertz CT molecular complexity index is 940. The summed E-state index contributed by atoms with van der Waals surface area (Å²) in [6, 6.07) is 1.85. The van der Waals surface area contributed by atoms with Crippen molar-refractivity contribution >= 4 is 35.5 Å². The van der Waals surface area contributed by atoms with E-state index in [2.05, 4.69) is 10.4 Å². The van der Waals surface area contributed by atoms with E-state index in [0.717, 1.165) is 23.2 Å². The van der Waals surface area contributed by atoms with E-state index in [-0.39, 0.29) is 62.8 Å². The molecule has 34 heavy (non-hydrogen) atoms. The summed E-state index contributed by atoms with van der Waals surface area (Å²) >= 11 is 0. The van der Waals surface area contributed by atoms with Crippen LogP contribution in [0.1, 0.15) is 12.8 Å². The van der Waals surface area contributed by atoms with E-state index in [1.807, 2.05) is 0 Å². The molecule has 3 rings (SSSR count). The molecule has 0 spiro atoms. The molecule has 2 saturated heterocycles. The van der Waals surface area contributed by atoms with Crippen LogP contribution in [0.2, 0.25) is 0 Å². The number of alkyl halides is 3. The van der Waals surface area contributed by atoms with E-state index in [1.165, 1.54) is 9.91 Å². The van der Waals surface area contributed by atoms with Crippen molar-refractivity contribution in [2.75, 3.05) is 49.2 Å². The average molecular weight is 491 g/mol. The second kappa shape index (κ2) is 11.2. The van der Waals surface area contributed by atoms with Gasteiger partial charge in [0.05, 0.1) is 31.7 Å². The Morgan fingerprint density at radius 2 is 1.91 bits per heavy atom. The van der Waals surface area contributed by atoms with Crippen LogP contribution in [-0.2, 0) is 14.3 Å². The molecule has 0 saturated carbocycles. The topological polar surface area (TPSA) is 94.5 Å². The lowest BCUT2D eigenvalue weighted by molar-refractivity contribution is -0.134. The molecule has 1 atom stereocenters. The Morgan fingerprint density at radius 3 is 2.56 bits per heavy atom. The molecule has 0 radical (unpaired) electrons. The zero-order chi connectivity index (χ0) is 24.8. The molecule has 0 aliphatic carbocycles. The van der Waals surface area contributed by atoms with Crippen LogP contribution in [0.3, 0.4) is 0 Å². The van der Waals surface area contributed by atoms with Crippen LogP contribution in [0.4, 0.5) is 38.1 Å². The predicted molar refractivity (Wildman–Crippen MR) is 111 cm³/mol. The number of carbonyl (C=O) groups is 3. The molecule has 9 nitrogen and oxygen atoms in total. The van der Waals surface area contributed by atoms with Crippen LogP contribution in [0, 0.1) is 11.6 Å². The third kappa shape index (κ3) is 5.98. The van der Waals surface area contributed by atoms with Crippen LogP contribution in [0.5, 0.6) is 0 Å². The number of aliphatic imine (C=N–C) groups is 1. The van der Waals surface area contributed by atoms with Crippen LogP contribution in [0.15, 0.2) is 17.1 Å². The number of hydrazine groups is 1. The minimum atomic E-state index is -3.31. The molecule has 1 aromatic carbocycles. The van der Waals surface area contributed by atoms with Crippen molar-refractivity contribution in [3.8, 4) is 0 Å². The minimum Gasteiger partial charge on any atom is -0.438 e. The maximum Gasteiger partial charge on any atom is 0.415 e. The van der Waals surface area contributed by atoms with Crippen molar-refractivity contribution in [2.45, 2.75) is 25.4 Å². The Labute approximate surface area is 191 Å². The quantitative estimate of drug-likeness (QED) is 0.464. The van der Waals surface area contributed by atoms with Crippen LogP contribution in [-0.4, -0.2) is 81.1 Å². The fourth-order valence-corrected chi connectivity index (χ4v) is 3.52. The van der Waals surface area contributed by atoms with Gasteiger partial charge in [-0.15, -0.1) is 0 Å². The molecule has 0 aromatic heterocycles. The first kappa shape index (κ1) is 25.3. The van der Waals surface area contributed by atoms with Gasteiger partial charge >= 0.3 is 18.4 Å². The number of amides is 3. The second-order valence-corrected chi connectivity index (χ2v) is 7.44. The highest BCUT2D eigenvalue weighted by Gasteiger charge is 2.33. The highest BCUT2D eigenvalue weighted by molar-refractivity contribution is 5.95. The van der Waals surface area contributed by atoms with Gasteiger partial charge in [0, 0.05) is 38.2 Å². The van der Waals surface area contributed by atoms with Gasteiger partial charge in [0.25, 0.3) is 0 Å². The molecule has 2 fully saturated rings. The third-order valence-electron chi connectivity index (χ3n) is 5.12. The van der Waals surface area contributed by atoms with Gasteiger partial charge in [0.1, 0.15) is 5.69 Å². The molecule has 186 valence electrons. The lowest BCUT2D eigenvalue weighted by Gasteiger charge is -2.25. The van der Waals surface area contributed by atoms with Gasteiger partial charge in [0.15, 0.2) is 17.7 Å². The number of nitrogens with zero attached hydrogens (tertiary/aromatic N) is 4. The van der Waals surface area contributed by atoms with E-state index in [4.69, 9.17) is 4.74 Å². The van der Waals surface area contributed by atoms with Crippen LogP contribution < -0.4 is 15.2 Å². The molecule has 2 aliphatic heterocycles. The minimum absolute atomic E-state index is 0.00878. The first-order chi connectivity index (χ1) is 16.2. The van der Waals surface area contributed by atoms with Crippen molar-refractivity contribution < 1.29 is 41.1 Å². The first-order valence-electron chi connectivity index (χ1n) is 10.4. The number of anilines is 2. The Kier molecular flexibility index (Phi) is 8.36. The summed E-state index contributed by atoms with van der Waals surface area (Å²) in [6.07, 6.45) is -4.63. The lowest BCUT2D eigenvalue weighted by atomic mass is 10.2. The molecule has 3 amide bonds. The van der Waals surface area contributed by atoms with Crippen molar-refractivity contribution in [3.05, 3.63) is 23.8 Å². The number of hydrogen-bond acceptors (Lipinski definition) is 6. The zero-order valence-electron chi connectivity index (χ0n) is 17.9. The number of carbonyl (C=O) groups excluding carboxylic acids is 3. The van der Waals surface area contributed by atoms with E-state index >= 15 is 0 Å². The summed E-state index contributed by atoms with van der Waals surface area (Å²) < 4.78 is 71.5. The van der Waals surface area contributed by atoms with Gasteiger partial charge < -0.3 is 9.64 Å². The van der Waals surface area contributed by atoms with Gasteiger partial charge in [0.2, 0.25) is 5.91 Å². The summed E-state index contributed by atoms with van der Waals surface area (Å²) in [4.78, 5) is 40.3. The van der Waals surface area contributed by atoms with E-state index in [9.17, 15) is 36.3 Å². The summed E-state index contributed by atoms with van der Waals surface area (Å²) in [7, 11) is 0.